The molecule has 7 heteroatoms. The molecule has 1 atom stereocenters. The van der Waals surface area contributed by atoms with Crippen LogP contribution in [0.15, 0.2) is 24.3 Å². The maximum absolute atomic E-state index is 11.6. The summed E-state index contributed by atoms with van der Waals surface area (Å²) in [5.74, 6) is 0.364. The Kier molecular flexibility index (Phi) is 5.27. The van der Waals surface area contributed by atoms with Crippen molar-refractivity contribution in [2.45, 2.75) is 12.5 Å². The minimum absolute atomic E-state index is 0.0635. The van der Waals surface area contributed by atoms with Crippen LogP contribution in [0.2, 0.25) is 5.02 Å². The van der Waals surface area contributed by atoms with Gasteiger partial charge in [-0.3, -0.25) is 4.79 Å². The molecular formula is C14H17ClN2O4. The molecule has 1 heterocycles. The third-order valence-electron chi connectivity index (χ3n) is 3.03. The fourth-order valence-corrected chi connectivity index (χ4v) is 2.03. The monoisotopic (exact) mass is 312 g/mol. The maximum Gasteiger partial charge on any atom is 0.409 e. The average Bonchev–Trinajstić information content (AvgIpc) is 2.77. The van der Waals surface area contributed by atoms with E-state index in [1.807, 2.05) is 0 Å². The zero-order valence-electron chi connectivity index (χ0n) is 11.7. The summed E-state index contributed by atoms with van der Waals surface area (Å²) < 4.78 is 10.4. The predicted molar refractivity (Wildman–Crippen MR) is 77.5 cm³/mol. The first kappa shape index (κ1) is 15.4. The van der Waals surface area contributed by atoms with Crippen molar-refractivity contribution in [3.05, 3.63) is 29.3 Å². The Bertz CT molecular complexity index is 506. The van der Waals surface area contributed by atoms with E-state index in [0.717, 1.165) is 0 Å². The number of rotatable bonds is 6. The van der Waals surface area contributed by atoms with E-state index < -0.39 is 0 Å². The Morgan fingerprint density at radius 1 is 1.48 bits per heavy atom. The number of nitrogens with zero attached hydrogens (tertiary/aromatic N) is 1. The van der Waals surface area contributed by atoms with Crippen molar-refractivity contribution in [1.82, 2.24) is 10.2 Å². The van der Waals surface area contributed by atoms with Gasteiger partial charge in [0.1, 0.15) is 11.9 Å². The summed E-state index contributed by atoms with van der Waals surface area (Å²) in [5.41, 5.74) is 0. The lowest BCUT2D eigenvalue weighted by Crippen LogP contribution is -2.32. The number of halogens is 1. The van der Waals surface area contributed by atoms with Crippen molar-refractivity contribution in [2.75, 3.05) is 26.7 Å². The molecule has 0 spiro atoms. The summed E-state index contributed by atoms with van der Waals surface area (Å²) in [6.45, 7) is 0.927. The lowest BCUT2D eigenvalue weighted by Gasteiger charge is -2.10. The number of carbonyl (C=O) groups excluding carboxylic acids is 2. The van der Waals surface area contributed by atoms with Gasteiger partial charge in [-0.05, 0) is 24.3 Å². The fourth-order valence-electron chi connectivity index (χ4n) is 1.90. The van der Waals surface area contributed by atoms with E-state index in [9.17, 15) is 9.59 Å². The van der Waals surface area contributed by atoms with Crippen LogP contribution in [0.4, 0.5) is 4.79 Å². The zero-order chi connectivity index (χ0) is 15.2. The van der Waals surface area contributed by atoms with Gasteiger partial charge in [-0.15, -0.1) is 0 Å². The van der Waals surface area contributed by atoms with Gasteiger partial charge < -0.3 is 19.7 Å². The highest BCUT2D eigenvalue weighted by molar-refractivity contribution is 6.30. The summed E-state index contributed by atoms with van der Waals surface area (Å²) in [6, 6.07) is 6.78. The first-order valence-electron chi connectivity index (χ1n) is 6.61. The highest BCUT2D eigenvalue weighted by Crippen LogP contribution is 2.15. The van der Waals surface area contributed by atoms with E-state index in [0.29, 0.717) is 30.3 Å². The topological polar surface area (TPSA) is 67.9 Å². The largest absolute Gasteiger partial charge is 0.484 e. The normalized spacial score (nSPS) is 17.5. The van der Waals surface area contributed by atoms with Crippen LogP contribution < -0.4 is 10.1 Å². The standard InChI is InChI=1S/C14H17ClN2O4/c1-17-8-12(21-14(17)19)6-7-16-13(18)9-20-11-4-2-10(15)3-5-11/h2-5,12H,6-9H2,1H3,(H,16,18). The van der Waals surface area contributed by atoms with Crippen molar-refractivity contribution in [3.63, 3.8) is 0 Å². The molecule has 0 aromatic heterocycles. The maximum atomic E-state index is 11.6. The van der Waals surface area contributed by atoms with E-state index in [4.69, 9.17) is 21.1 Å². The molecule has 1 N–H and O–H groups in total. The van der Waals surface area contributed by atoms with Crippen molar-refractivity contribution in [2.24, 2.45) is 0 Å². The Hall–Kier alpha value is -1.95. The number of nitrogens with one attached hydrogen (secondary N) is 1. The number of cyclic esters (lactones) is 1. The van der Waals surface area contributed by atoms with Gasteiger partial charge in [0.2, 0.25) is 0 Å². The van der Waals surface area contributed by atoms with E-state index >= 15 is 0 Å². The number of likely N-dealkylation sites (N-methyl/N-ethyl adjacent to an activating group) is 1. The fraction of sp³-hybridized carbons (Fsp3) is 0.429. The molecule has 1 aromatic rings. The molecule has 6 nitrogen and oxygen atoms in total. The Labute approximate surface area is 128 Å². The smallest absolute Gasteiger partial charge is 0.409 e. The minimum Gasteiger partial charge on any atom is -0.484 e. The number of hydrogen-bond donors (Lipinski definition) is 1. The second-order valence-corrected chi connectivity index (χ2v) is 5.20. The highest BCUT2D eigenvalue weighted by Gasteiger charge is 2.27. The summed E-state index contributed by atoms with van der Waals surface area (Å²) >= 11 is 5.75. The number of ether oxygens (including phenoxy) is 2. The molecule has 114 valence electrons. The Morgan fingerprint density at radius 3 is 2.81 bits per heavy atom. The van der Waals surface area contributed by atoms with E-state index in [-0.39, 0.29) is 24.7 Å². The second-order valence-electron chi connectivity index (χ2n) is 4.77. The molecule has 2 rings (SSSR count). The quantitative estimate of drug-likeness (QED) is 0.867. The second kappa shape index (κ2) is 7.17. The summed E-state index contributed by atoms with van der Waals surface area (Å²) in [6.07, 6.45) is 0.0975. The van der Waals surface area contributed by atoms with Crippen molar-refractivity contribution < 1.29 is 19.1 Å². The number of hydrogen-bond acceptors (Lipinski definition) is 4. The minimum atomic E-state index is -0.322. The molecule has 1 unspecified atom stereocenters. The first-order valence-corrected chi connectivity index (χ1v) is 6.99. The number of benzene rings is 1. The number of amides is 2. The SMILES string of the molecule is CN1CC(CCNC(=O)COc2ccc(Cl)cc2)OC1=O. The van der Waals surface area contributed by atoms with Gasteiger partial charge in [0.05, 0.1) is 6.54 Å². The van der Waals surface area contributed by atoms with Crippen molar-refractivity contribution in [1.29, 1.82) is 0 Å². The summed E-state index contributed by atoms with van der Waals surface area (Å²) in [4.78, 5) is 24.3. The van der Waals surface area contributed by atoms with Crippen LogP contribution in [0, 0.1) is 0 Å². The summed E-state index contributed by atoms with van der Waals surface area (Å²) in [5, 5.41) is 3.33. The van der Waals surface area contributed by atoms with Crippen LogP contribution in [0.3, 0.4) is 0 Å². The molecule has 1 saturated heterocycles. The molecule has 21 heavy (non-hydrogen) atoms. The van der Waals surface area contributed by atoms with Crippen LogP contribution in [0.1, 0.15) is 6.42 Å². The molecule has 0 aliphatic carbocycles. The van der Waals surface area contributed by atoms with Crippen LogP contribution in [0.25, 0.3) is 0 Å². The van der Waals surface area contributed by atoms with E-state index in [1.165, 1.54) is 4.90 Å². The number of carbonyl (C=O) groups is 2. The van der Waals surface area contributed by atoms with Crippen LogP contribution in [0.5, 0.6) is 5.75 Å². The molecule has 2 amide bonds. The van der Waals surface area contributed by atoms with Gasteiger partial charge in [0.15, 0.2) is 6.61 Å². The lowest BCUT2D eigenvalue weighted by atomic mass is 10.2. The van der Waals surface area contributed by atoms with Crippen molar-refractivity contribution in [3.8, 4) is 5.75 Å². The molecule has 0 bridgehead atoms. The molecule has 0 radical (unpaired) electrons. The average molecular weight is 313 g/mol. The Balaban J connectivity index is 1.62. The third kappa shape index (κ3) is 4.82. The van der Waals surface area contributed by atoms with E-state index in [2.05, 4.69) is 5.32 Å². The third-order valence-corrected chi connectivity index (χ3v) is 3.28. The lowest BCUT2D eigenvalue weighted by molar-refractivity contribution is -0.123. The Morgan fingerprint density at radius 2 is 2.19 bits per heavy atom. The highest BCUT2D eigenvalue weighted by atomic mass is 35.5. The molecule has 1 fully saturated rings. The van der Waals surface area contributed by atoms with Gasteiger partial charge in [0.25, 0.3) is 5.91 Å². The predicted octanol–water partition coefficient (Wildman–Crippen LogP) is 1.68. The summed E-state index contributed by atoms with van der Waals surface area (Å²) in [7, 11) is 1.68. The van der Waals surface area contributed by atoms with Crippen LogP contribution >= 0.6 is 11.6 Å². The van der Waals surface area contributed by atoms with Gasteiger partial charge >= 0.3 is 6.09 Å². The van der Waals surface area contributed by atoms with Crippen molar-refractivity contribution >= 4 is 23.6 Å². The molecular weight excluding hydrogens is 296 g/mol. The van der Waals surface area contributed by atoms with Gasteiger partial charge in [-0.1, -0.05) is 11.6 Å². The van der Waals surface area contributed by atoms with Crippen LogP contribution in [-0.2, 0) is 9.53 Å². The molecule has 0 saturated carbocycles. The van der Waals surface area contributed by atoms with Gasteiger partial charge in [-0.25, -0.2) is 4.79 Å². The van der Waals surface area contributed by atoms with Gasteiger partial charge in [-0.2, -0.15) is 0 Å². The van der Waals surface area contributed by atoms with Crippen LogP contribution in [-0.4, -0.2) is 49.7 Å². The van der Waals surface area contributed by atoms with E-state index in [1.54, 1.807) is 31.3 Å². The molecule has 1 aromatic carbocycles. The zero-order valence-corrected chi connectivity index (χ0v) is 12.4. The first-order chi connectivity index (χ1) is 10.0. The van der Waals surface area contributed by atoms with Gasteiger partial charge in [0, 0.05) is 25.0 Å². The molecule has 1 aliphatic heterocycles. The molecule has 1 aliphatic rings.